The Morgan fingerprint density at radius 2 is 1.83 bits per heavy atom. The molecule has 2 N–H and O–H groups in total. The largest absolute Gasteiger partial charge is 0.416 e. The second-order valence-corrected chi connectivity index (χ2v) is 6.22. The standard InChI is InChI=1S/C15H12F3N3O2S/c16-15(17,18)8-4-6-9(7-5-8)19-13(23)21-14-20-10-2-1-3-11(22)12(10)24-14/h4-7H,1-3H2,(H2,19,20,21,23). The third-order valence-electron chi connectivity index (χ3n) is 3.46. The molecular formula is C15H12F3N3O2S. The van der Waals surface area contributed by atoms with Crippen molar-refractivity contribution in [3.63, 3.8) is 0 Å². The number of carbonyl (C=O) groups is 2. The van der Waals surface area contributed by atoms with Crippen LogP contribution in [0.1, 0.15) is 33.8 Å². The highest BCUT2D eigenvalue weighted by Gasteiger charge is 2.30. The molecule has 1 aliphatic carbocycles. The van der Waals surface area contributed by atoms with Gasteiger partial charge in [0.05, 0.1) is 16.1 Å². The molecule has 0 aliphatic heterocycles. The minimum Gasteiger partial charge on any atom is -0.308 e. The number of nitrogens with one attached hydrogen (secondary N) is 2. The van der Waals surface area contributed by atoms with Gasteiger partial charge >= 0.3 is 12.2 Å². The van der Waals surface area contributed by atoms with Crippen LogP contribution in [0.15, 0.2) is 24.3 Å². The molecule has 126 valence electrons. The molecule has 0 radical (unpaired) electrons. The number of alkyl halides is 3. The van der Waals surface area contributed by atoms with Crippen molar-refractivity contribution in [1.29, 1.82) is 0 Å². The summed E-state index contributed by atoms with van der Waals surface area (Å²) in [6.45, 7) is 0. The van der Waals surface area contributed by atoms with Gasteiger partial charge in [-0.2, -0.15) is 13.2 Å². The molecule has 1 aliphatic rings. The molecule has 0 unspecified atom stereocenters. The van der Waals surface area contributed by atoms with Crippen molar-refractivity contribution in [3.05, 3.63) is 40.4 Å². The maximum absolute atomic E-state index is 12.5. The molecule has 1 aromatic heterocycles. The Morgan fingerprint density at radius 1 is 1.12 bits per heavy atom. The van der Waals surface area contributed by atoms with E-state index in [9.17, 15) is 22.8 Å². The number of halogens is 3. The quantitative estimate of drug-likeness (QED) is 0.842. The summed E-state index contributed by atoms with van der Waals surface area (Å²) in [4.78, 5) is 28.4. The number of carbonyl (C=O) groups excluding carboxylic acids is 2. The van der Waals surface area contributed by atoms with Crippen LogP contribution in [-0.4, -0.2) is 16.8 Å². The fourth-order valence-electron chi connectivity index (χ4n) is 2.32. The zero-order chi connectivity index (χ0) is 17.3. The number of fused-ring (bicyclic) bond motifs is 1. The minimum absolute atomic E-state index is 0.0185. The summed E-state index contributed by atoms with van der Waals surface area (Å²) in [5.74, 6) is 0.0185. The molecule has 3 rings (SSSR count). The van der Waals surface area contributed by atoms with Gasteiger partial charge in [0.15, 0.2) is 10.9 Å². The Bertz CT molecular complexity index is 784. The molecule has 0 saturated carbocycles. The first-order valence-electron chi connectivity index (χ1n) is 7.11. The normalized spacial score (nSPS) is 14.2. The van der Waals surface area contributed by atoms with E-state index in [1.165, 1.54) is 12.1 Å². The lowest BCUT2D eigenvalue weighted by Gasteiger charge is -2.08. The highest BCUT2D eigenvalue weighted by atomic mass is 32.1. The van der Waals surface area contributed by atoms with Gasteiger partial charge in [-0.05, 0) is 37.1 Å². The number of anilines is 2. The van der Waals surface area contributed by atoms with Crippen LogP contribution in [0.2, 0.25) is 0 Å². The van der Waals surface area contributed by atoms with Gasteiger partial charge < -0.3 is 5.32 Å². The van der Waals surface area contributed by atoms with E-state index in [-0.39, 0.29) is 11.5 Å². The Hall–Kier alpha value is -2.42. The average Bonchev–Trinajstić information content (AvgIpc) is 2.90. The molecule has 1 aromatic carbocycles. The van der Waals surface area contributed by atoms with Crippen LogP contribution in [0.3, 0.4) is 0 Å². The van der Waals surface area contributed by atoms with Gasteiger partial charge in [-0.25, -0.2) is 9.78 Å². The average molecular weight is 355 g/mol. The van der Waals surface area contributed by atoms with Crippen LogP contribution in [-0.2, 0) is 12.6 Å². The van der Waals surface area contributed by atoms with Crippen molar-refractivity contribution in [2.24, 2.45) is 0 Å². The van der Waals surface area contributed by atoms with Crippen LogP contribution in [0.25, 0.3) is 0 Å². The topological polar surface area (TPSA) is 71.1 Å². The molecule has 9 heteroatoms. The fraction of sp³-hybridized carbons (Fsp3) is 0.267. The van der Waals surface area contributed by atoms with E-state index in [1.807, 2.05) is 0 Å². The number of urea groups is 1. The summed E-state index contributed by atoms with van der Waals surface area (Å²) in [5.41, 5.74) is 0.110. The van der Waals surface area contributed by atoms with Gasteiger partial charge in [-0.3, -0.25) is 10.1 Å². The van der Waals surface area contributed by atoms with Crippen LogP contribution in [0.4, 0.5) is 28.8 Å². The lowest BCUT2D eigenvalue weighted by atomic mass is 10.0. The summed E-state index contributed by atoms with van der Waals surface area (Å²) in [6, 6.07) is 3.47. The van der Waals surface area contributed by atoms with Crippen LogP contribution >= 0.6 is 11.3 Å². The number of hydrogen-bond acceptors (Lipinski definition) is 4. The summed E-state index contributed by atoms with van der Waals surface area (Å²) in [7, 11) is 0. The molecule has 5 nitrogen and oxygen atoms in total. The predicted octanol–water partition coefficient (Wildman–Crippen LogP) is 4.32. The second-order valence-electron chi connectivity index (χ2n) is 5.23. The predicted molar refractivity (Wildman–Crippen MR) is 83.5 cm³/mol. The molecule has 0 fully saturated rings. The molecule has 24 heavy (non-hydrogen) atoms. The SMILES string of the molecule is O=C(Nc1ccc(C(F)(F)F)cc1)Nc1nc2c(s1)C(=O)CCC2. The van der Waals surface area contributed by atoms with Crippen LogP contribution in [0.5, 0.6) is 0 Å². The number of aryl methyl sites for hydroxylation is 1. The number of hydrogen-bond donors (Lipinski definition) is 2. The van der Waals surface area contributed by atoms with E-state index in [0.29, 0.717) is 28.5 Å². The van der Waals surface area contributed by atoms with E-state index in [1.54, 1.807) is 0 Å². The number of benzene rings is 1. The van der Waals surface area contributed by atoms with E-state index in [2.05, 4.69) is 15.6 Å². The molecular weight excluding hydrogens is 343 g/mol. The number of ketones is 1. The van der Waals surface area contributed by atoms with Crippen molar-refractivity contribution < 1.29 is 22.8 Å². The lowest BCUT2D eigenvalue weighted by Crippen LogP contribution is -2.19. The number of nitrogens with zero attached hydrogens (tertiary/aromatic N) is 1. The van der Waals surface area contributed by atoms with Crippen LogP contribution in [0, 0.1) is 0 Å². The summed E-state index contributed by atoms with van der Waals surface area (Å²) >= 11 is 1.11. The molecule has 1 heterocycles. The van der Waals surface area contributed by atoms with Gasteiger partial charge in [0.25, 0.3) is 0 Å². The van der Waals surface area contributed by atoms with Gasteiger partial charge in [-0.1, -0.05) is 11.3 Å². The van der Waals surface area contributed by atoms with Crippen molar-refractivity contribution in [2.45, 2.75) is 25.4 Å². The molecule has 0 spiro atoms. The summed E-state index contributed by atoms with van der Waals surface area (Å²) in [5, 5.41) is 5.21. The molecule has 2 amide bonds. The monoisotopic (exact) mass is 355 g/mol. The highest BCUT2D eigenvalue weighted by Crippen LogP contribution is 2.31. The number of Topliss-reactive ketones (excluding diaryl/α,β-unsaturated/α-hetero) is 1. The smallest absolute Gasteiger partial charge is 0.308 e. The maximum atomic E-state index is 12.5. The lowest BCUT2D eigenvalue weighted by molar-refractivity contribution is -0.137. The van der Waals surface area contributed by atoms with Crippen molar-refractivity contribution in [2.75, 3.05) is 10.6 Å². The van der Waals surface area contributed by atoms with Crippen molar-refractivity contribution in [3.8, 4) is 0 Å². The van der Waals surface area contributed by atoms with Crippen molar-refractivity contribution in [1.82, 2.24) is 4.98 Å². The zero-order valence-corrected chi connectivity index (χ0v) is 13.1. The van der Waals surface area contributed by atoms with Gasteiger partial charge in [0, 0.05) is 12.1 Å². The maximum Gasteiger partial charge on any atom is 0.416 e. The van der Waals surface area contributed by atoms with Gasteiger partial charge in [0.2, 0.25) is 0 Å². The Morgan fingerprint density at radius 3 is 2.46 bits per heavy atom. The third kappa shape index (κ3) is 3.56. The zero-order valence-electron chi connectivity index (χ0n) is 12.2. The van der Waals surface area contributed by atoms with E-state index >= 15 is 0 Å². The minimum atomic E-state index is -4.42. The van der Waals surface area contributed by atoms with E-state index in [0.717, 1.165) is 29.9 Å². The first-order valence-corrected chi connectivity index (χ1v) is 7.93. The summed E-state index contributed by atoms with van der Waals surface area (Å²) in [6.07, 6.45) is -2.51. The number of aromatic nitrogens is 1. The second kappa shape index (κ2) is 6.23. The number of rotatable bonds is 2. The first-order chi connectivity index (χ1) is 11.3. The van der Waals surface area contributed by atoms with Gasteiger partial charge in [-0.15, -0.1) is 0 Å². The summed E-state index contributed by atoms with van der Waals surface area (Å²) < 4.78 is 37.4. The number of thiazole rings is 1. The van der Waals surface area contributed by atoms with E-state index in [4.69, 9.17) is 0 Å². The molecule has 2 aromatic rings. The molecule has 0 atom stereocenters. The Kier molecular flexibility index (Phi) is 4.27. The third-order valence-corrected chi connectivity index (χ3v) is 4.51. The Labute approximate surface area is 138 Å². The number of amides is 2. The fourth-order valence-corrected chi connectivity index (χ4v) is 3.30. The first kappa shape index (κ1) is 16.4. The molecule has 0 bridgehead atoms. The van der Waals surface area contributed by atoms with E-state index < -0.39 is 17.8 Å². The van der Waals surface area contributed by atoms with Gasteiger partial charge in [0.1, 0.15) is 0 Å². The Balaban J connectivity index is 1.65. The van der Waals surface area contributed by atoms with Crippen LogP contribution < -0.4 is 10.6 Å². The highest BCUT2D eigenvalue weighted by molar-refractivity contribution is 7.17. The molecule has 0 saturated heterocycles. The van der Waals surface area contributed by atoms with Crippen molar-refractivity contribution >= 4 is 34.0 Å².